The molecule has 0 aromatic carbocycles. The highest BCUT2D eigenvalue weighted by Crippen LogP contribution is 2.36. The molecule has 0 amide bonds. The van der Waals surface area contributed by atoms with E-state index in [1.165, 1.54) is 13.0 Å². The summed E-state index contributed by atoms with van der Waals surface area (Å²) in [5.74, 6) is 1.86. The van der Waals surface area contributed by atoms with Gasteiger partial charge in [-0.25, -0.2) is 0 Å². The van der Waals surface area contributed by atoms with Gasteiger partial charge in [-0.05, 0) is 31.8 Å². The predicted molar refractivity (Wildman–Crippen MR) is 45.0 cm³/mol. The van der Waals surface area contributed by atoms with Crippen LogP contribution in [0.15, 0.2) is 0 Å². The fourth-order valence-electron chi connectivity index (χ4n) is 2.31. The summed E-state index contributed by atoms with van der Waals surface area (Å²) in [7, 11) is 2.23. The summed E-state index contributed by atoms with van der Waals surface area (Å²) < 4.78 is 0. The van der Waals surface area contributed by atoms with Crippen molar-refractivity contribution < 1.29 is 0 Å². The Balaban J connectivity index is 2.38. The number of hydrogen-bond acceptors (Lipinski definition) is 1. The molecule has 0 radical (unpaired) electrons. The highest BCUT2D eigenvalue weighted by molar-refractivity contribution is 4.90. The van der Waals surface area contributed by atoms with Crippen molar-refractivity contribution in [1.29, 1.82) is 0 Å². The molecule has 1 aliphatic rings. The lowest BCUT2D eigenvalue weighted by molar-refractivity contribution is 0.0382. The van der Waals surface area contributed by atoms with Crippen LogP contribution < -0.4 is 0 Å². The van der Waals surface area contributed by atoms with Gasteiger partial charge in [0.25, 0.3) is 0 Å². The van der Waals surface area contributed by atoms with Gasteiger partial charge < -0.3 is 4.90 Å². The third-order valence-electron chi connectivity index (χ3n) is 2.92. The molecule has 60 valence electrons. The fraction of sp³-hybridized carbons (Fsp3) is 1.00. The molecule has 1 heteroatoms. The van der Waals surface area contributed by atoms with Crippen molar-refractivity contribution in [1.82, 2.24) is 4.90 Å². The Morgan fingerprint density at radius 1 is 1.30 bits per heavy atom. The van der Waals surface area contributed by atoms with Crippen LogP contribution in [0.25, 0.3) is 0 Å². The van der Waals surface area contributed by atoms with Crippen LogP contribution >= 0.6 is 0 Å². The van der Waals surface area contributed by atoms with Gasteiger partial charge in [0.2, 0.25) is 0 Å². The summed E-state index contributed by atoms with van der Waals surface area (Å²) in [6, 6.07) is 0.866. The van der Waals surface area contributed by atoms with Crippen LogP contribution in [0.5, 0.6) is 0 Å². The lowest BCUT2D eigenvalue weighted by Crippen LogP contribution is -2.49. The second-order valence-corrected chi connectivity index (χ2v) is 3.75. The van der Waals surface area contributed by atoms with Gasteiger partial charge in [-0.1, -0.05) is 20.8 Å². The van der Waals surface area contributed by atoms with Crippen molar-refractivity contribution in [3.8, 4) is 0 Å². The zero-order valence-electron chi connectivity index (χ0n) is 7.59. The Hall–Kier alpha value is -0.0400. The maximum atomic E-state index is 2.47. The molecular formula is C9H19N. The summed E-state index contributed by atoms with van der Waals surface area (Å²) in [5.41, 5.74) is 0. The molecule has 0 N–H and O–H groups in total. The number of hydrogen-bond donors (Lipinski definition) is 0. The minimum Gasteiger partial charge on any atom is -0.303 e. The average molecular weight is 141 g/mol. The quantitative estimate of drug-likeness (QED) is 0.568. The summed E-state index contributed by atoms with van der Waals surface area (Å²) >= 11 is 0. The first kappa shape index (κ1) is 8.06. The second kappa shape index (κ2) is 2.91. The topological polar surface area (TPSA) is 3.24 Å². The molecule has 1 nitrogen and oxygen atoms in total. The molecule has 0 aromatic rings. The van der Waals surface area contributed by atoms with Crippen molar-refractivity contribution in [2.75, 3.05) is 13.6 Å². The van der Waals surface area contributed by atoms with E-state index >= 15 is 0 Å². The van der Waals surface area contributed by atoms with E-state index in [4.69, 9.17) is 0 Å². The molecule has 0 heterocycles. The summed E-state index contributed by atoms with van der Waals surface area (Å²) in [6.45, 7) is 8.14. The Morgan fingerprint density at radius 3 is 2.00 bits per heavy atom. The van der Waals surface area contributed by atoms with Crippen molar-refractivity contribution in [2.24, 2.45) is 11.8 Å². The number of rotatable bonds is 2. The van der Waals surface area contributed by atoms with Crippen LogP contribution in [0.3, 0.4) is 0 Å². The van der Waals surface area contributed by atoms with Gasteiger partial charge in [-0.3, -0.25) is 0 Å². The minimum absolute atomic E-state index is 0.866. The standard InChI is InChI=1S/C9H19N/c1-5-10(4)9-7(2)6-8(9)3/h7-9H,5-6H2,1-4H3. The average Bonchev–Trinajstić information content (AvgIpc) is 1.87. The monoisotopic (exact) mass is 141 g/mol. The summed E-state index contributed by atoms with van der Waals surface area (Å²) in [4.78, 5) is 2.47. The van der Waals surface area contributed by atoms with Crippen LogP contribution in [0.4, 0.5) is 0 Å². The van der Waals surface area contributed by atoms with E-state index in [-0.39, 0.29) is 0 Å². The van der Waals surface area contributed by atoms with Crippen LogP contribution in [-0.4, -0.2) is 24.5 Å². The predicted octanol–water partition coefficient (Wildman–Crippen LogP) is 1.98. The Kier molecular flexibility index (Phi) is 2.35. The zero-order valence-corrected chi connectivity index (χ0v) is 7.59. The SMILES string of the molecule is CCN(C)C1C(C)CC1C. The van der Waals surface area contributed by atoms with Crippen LogP contribution in [-0.2, 0) is 0 Å². The first-order valence-electron chi connectivity index (χ1n) is 4.37. The zero-order chi connectivity index (χ0) is 7.72. The lowest BCUT2D eigenvalue weighted by Gasteiger charge is -2.46. The van der Waals surface area contributed by atoms with Crippen molar-refractivity contribution >= 4 is 0 Å². The molecule has 0 bridgehead atoms. The molecule has 0 spiro atoms. The first-order chi connectivity index (χ1) is 4.66. The van der Waals surface area contributed by atoms with Crippen LogP contribution in [0.1, 0.15) is 27.2 Å². The van der Waals surface area contributed by atoms with E-state index in [0.29, 0.717) is 0 Å². The molecule has 0 aromatic heterocycles. The lowest BCUT2D eigenvalue weighted by atomic mass is 9.71. The molecule has 1 saturated carbocycles. The van der Waals surface area contributed by atoms with Crippen molar-refractivity contribution in [3.63, 3.8) is 0 Å². The van der Waals surface area contributed by atoms with Gasteiger partial charge in [0.05, 0.1) is 0 Å². The molecule has 0 aliphatic heterocycles. The summed E-state index contributed by atoms with van der Waals surface area (Å²) in [5, 5.41) is 0. The Morgan fingerprint density at radius 2 is 1.80 bits per heavy atom. The van der Waals surface area contributed by atoms with Crippen LogP contribution in [0.2, 0.25) is 0 Å². The maximum absolute atomic E-state index is 2.47. The number of nitrogens with zero attached hydrogens (tertiary/aromatic N) is 1. The largest absolute Gasteiger partial charge is 0.303 e. The smallest absolute Gasteiger partial charge is 0.0143 e. The van der Waals surface area contributed by atoms with E-state index in [1.807, 2.05) is 0 Å². The van der Waals surface area contributed by atoms with Gasteiger partial charge in [-0.15, -0.1) is 0 Å². The molecule has 1 rings (SSSR count). The maximum Gasteiger partial charge on any atom is 0.0143 e. The van der Waals surface area contributed by atoms with Gasteiger partial charge in [0, 0.05) is 6.04 Å². The van der Waals surface area contributed by atoms with Crippen molar-refractivity contribution in [3.05, 3.63) is 0 Å². The third kappa shape index (κ3) is 1.20. The second-order valence-electron chi connectivity index (χ2n) is 3.75. The highest BCUT2D eigenvalue weighted by atomic mass is 15.1. The van der Waals surface area contributed by atoms with E-state index in [2.05, 4.69) is 32.7 Å². The minimum atomic E-state index is 0.866. The van der Waals surface area contributed by atoms with E-state index in [9.17, 15) is 0 Å². The Bertz CT molecular complexity index is 103. The fourth-order valence-corrected chi connectivity index (χ4v) is 2.31. The molecule has 2 atom stereocenters. The Labute approximate surface area is 64.4 Å². The van der Waals surface area contributed by atoms with Gasteiger partial charge >= 0.3 is 0 Å². The van der Waals surface area contributed by atoms with Crippen LogP contribution in [0, 0.1) is 11.8 Å². The van der Waals surface area contributed by atoms with E-state index in [0.717, 1.165) is 17.9 Å². The van der Waals surface area contributed by atoms with Crippen molar-refractivity contribution in [2.45, 2.75) is 33.2 Å². The van der Waals surface area contributed by atoms with Gasteiger partial charge in [0.15, 0.2) is 0 Å². The molecule has 1 fully saturated rings. The molecule has 2 unspecified atom stereocenters. The van der Waals surface area contributed by atoms with E-state index < -0.39 is 0 Å². The van der Waals surface area contributed by atoms with Gasteiger partial charge in [-0.2, -0.15) is 0 Å². The van der Waals surface area contributed by atoms with E-state index in [1.54, 1.807) is 0 Å². The third-order valence-corrected chi connectivity index (χ3v) is 2.92. The highest BCUT2D eigenvalue weighted by Gasteiger charge is 2.36. The normalized spacial score (nSPS) is 39.9. The van der Waals surface area contributed by atoms with Gasteiger partial charge in [0.1, 0.15) is 0 Å². The first-order valence-corrected chi connectivity index (χ1v) is 4.37. The molecule has 1 aliphatic carbocycles. The molecule has 10 heavy (non-hydrogen) atoms. The molecule has 0 saturated heterocycles. The summed E-state index contributed by atoms with van der Waals surface area (Å²) in [6.07, 6.45) is 1.43. The molecular weight excluding hydrogens is 122 g/mol.